The molecule has 0 N–H and O–H groups in total. The quantitative estimate of drug-likeness (QED) is 0.113. The molecule has 0 saturated carbocycles. The molecule has 1 aliphatic heterocycles. The number of carbonyl (C=O) groups excluding carboxylic acids is 2. The first-order chi connectivity index (χ1) is 21.0. The van der Waals surface area contributed by atoms with Crippen LogP contribution in [0.2, 0.25) is 0 Å². The summed E-state index contributed by atoms with van der Waals surface area (Å²) in [6.45, 7) is 35.9. The molecule has 2 unspecified atom stereocenters. The maximum Gasteiger partial charge on any atom is 0.514 e. The van der Waals surface area contributed by atoms with E-state index in [-0.39, 0.29) is 22.2 Å². The molecule has 3 rings (SSSR count). The summed E-state index contributed by atoms with van der Waals surface area (Å²) in [5, 5.41) is 0. The largest absolute Gasteiger partial charge is 0.514 e. The van der Waals surface area contributed by atoms with Gasteiger partial charge in [0.05, 0.1) is 0 Å². The Labute approximate surface area is 279 Å². The van der Waals surface area contributed by atoms with E-state index in [0.717, 1.165) is 41.5 Å². The van der Waals surface area contributed by atoms with Crippen LogP contribution in [0.15, 0.2) is 36.4 Å². The van der Waals surface area contributed by atoms with Crippen molar-refractivity contribution >= 4 is 12.1 Å². The zero-order chi connectivity index (χ0) is 35.2. The molecule has 5 heteroatoms. The zero-order valence-electron chi connectivity index (χ0n) is 31.5. The fraction of sp³-hybridized carbons (Fsp3) is 0.610. The van der Waals surface area contributed by atoms with E-state index in [1.165, 1.54) is 11.1 Å². The molecule has 46 heavy (non-hydrogen) atoms. The molecule has 0 radical (unpaired) electrons. The highest BCUT2D eigenvalue weighted by Crippen LogP contribution is 2.52. The normalized spacial score (nSPS) is 18.2. The van der Waals surface area contributed by atoms with Gasteiger partial charge in [-0.05, 0) is 73.8 Å². The smallest absolute Gasteiger partial charge is 0.428 e. The van der Waals surface area contributed by atoms with Crippen molar-refractivity contribution in [3.63, 3.8) is 0 Å². The van der Waals surface area contributed by atoms with Crippen LogP contribution in [0.4, 0.5) is 4.79 Å². The van der Waals surface area contributed by atoms with E-state index >= 15 is 0 Å². The second-order valence-corrected chi connectivity index (χ2v) is 16.4. The second kappa shape index (κ2) is 12.8. The second-order valence-electron chi connectivity index (χ2n) is 16.4. The van der Waals surface area contributed by atoms with Crippen LogP contribution in [-0.2, 0) is 31.2 Å². The fourth-order valence-corrected chi connectivity index (χ4v) is 5.93. The lowest BCUT2D eigenvalue weighted by molar-refractivity contribution is -0.131. The first kappa shape index (κ1) is 37.4. The van der Waals surface area contributed by atoms with Crippen LogP contribution >= 0.6 is 0 Å². The summed E-state index contributed by atoms with van der Waals surface area (Å²) in [6.07, 6.45) is 2.68. The molecule has 0 saturated heterocycles. The molecular weight excluding hydrogens is 572 g/mol. The Morgan fingerprint density at radius 2 is 1.33 bits per heavy atom. The fourth-order valence-electron chi connectivity index (χ4n) is 5.93. The Balaban J connectivity index is 2.52. The van der Waals surface area contributed by atoms with E-state index in [1.807, 2.05) is 20.8 Å². The standard InChI is InChI=1S/C41H60O5/c1-17-38(10,11)27-21-29(33(31(23-27)40(14,15)19-3)45-36(43)46-37(7,8)9)25(5)30-22-28(39(12,13)18-2)24-32-34(30)44-35(42)26(6)41(32,16)20-4/h21-25H,6,17-20H2,1-5,7-16H3. The molecule has 2 atom stereocenters. The van der Waals surface area contributed by atoms with Crippen molar-refractivity contribution in [1.29, 1.82) is 0 Å². The predicted octanol–water partition coefficient (Wildman–Crippen LogP) is 11.4. The molecule has 0 aromatic heterocycles. The van der Waals surface area contributed by atoms with E-state index in [1.54, 1.807) is 0 Å². The number of hydrogen-bond acceptors (Lipinski definition) is 5. The van der Waals surface area contributed by atoms with Crippen LogP contribution in [0, 0.1) is 0 Å². The third-order valence-electron chi connectivity index (χ3n) is 11.1. The summed E-state index contributed by atoms with van der Waals surface area (Å²) < 4.78 is 18.1. The first-order valence-corrected chi connectivity index (χ1v) is 17.2. The number of benzene rings is 2. The van der Waals surface area contributed by atoms with Gasteiger partial charge in [-0.1, -0.05) is 114 Å². The molecule has 0 aliphatic carbocycles. The molecule has 0 spiro atoms. The minimum Gasteiger partial charge on any atom is -0.428 e. The van der Waals surface area contributed by atoms with Gasteiger partial charge in [0.1, 0.15) is 17.1 Å². The summed E-state index contributed by atoms with van der Waals surface area (Å²) in [4.78, 5) is 26.7. The average Bonchev–Trinajstić information content (AvgIpc) is 2.97. The molecule has 254 valence electrons. The molecular formula is C41H60O5. The van der Waals surface area contributed by atoms with Crippen molar-refractivity contribution in [2.45, 2.75) is 163 Å². The Kier molecular flexibility index (Phi) is 10.4. The molecule has 2 aromatic carbocycles. The maximum atomic E-state index is 13.4. The third-order valence-corrected chi connectivity index (χ3v) is 11.1. The average molecular weight is 633 g/mol. The summed E-state index contributed by atoms with van der Waals surface area (Å²) >= 11 is 0. The van der Waals surface area contributed by atoms with Crippen molar-refractivity contribution < 1.29 is 23.8 Å². The Morgan fingerprint density at radius 1 is 0.826 bits per heavy atom. The van der Waals surface area contributed by atoms with Gasteiger partial charge in [-0.2, -0.15) is 0 Å². The molecule has 0 amide bonds. The lowest BCUT2D eigenvalue weighted by Crippen LogP contribution is -2.37. The molecule has 0 bridgehead atoms. The van der Waals surface area contributed by atoms with Crippen LogP contribution in [-0.4, -0.2) is 17.7 Å². The number of carbonyl (C=O) groups is 2. The van der Waals surface area contributed by atoms with Crippen LogP contribution in [0.3, 0.4) is 0 Å². The van der Waals surface area contributed by atoms with Crippen molar-refractivity contribution in [3.8, 4) is 11.5 Å². The summed E-state index contributed by atoms with van der Waals surface area (Å²) in [6, 6.07) is 8.82. The van der Waals surface area contributed by atoms with Crippen LogP contribution in [0.1, 0.15) is 169 Å². The molecule has 0 fully saturated rings. The van der Waals surface area contributed by atoms with Gasteiger partial charge in [-0.3, -0.25) is 0 Å². The number of rotatable bonds is 10. The Morgan fingerprint density at radius 3 is 1.80 bits per heavy atom. The lowest BCUT2D eigenvalue weighted by atomic mass is 9.68. The number of fused-ring (bicyclic) bond motifs is 1. The Hall–Kier alpha value is -3.08. The van der Waals surface area contributed by atoms with Gasteiger partial charge >= 0.3 is 12.1 Å². The monoisotopic (exact) mass is 632 g/mol. The zero-order valence-corrected chi connectivity index (χ0v) is 31.5. The summed E-state index contributed by atoms with van der Waals surface area (Å²) in [5.74, 6) is 0.414. The summed E-state index contributed by atoms with van der Waals surface area (Å²) in [5.41, 5.74) is 4.68. The van der Waals surface area contributed by atoms with Gasteiger partial charge in [0.15, 0.2) is 0 Å². The topological polar surface area (TPSA) is 61.8 Å². The van der Waals surface area contributed by atoms with Crippen molar-refractivity contribution in [1.82, 2.24) is 0 Å². The molecule has 5 nitrogen and oxygen atoms in total. The van der Waals surface area contributed by atoms with Crippen LogP contribution < -0.4 is 9.47 Å². The Bertz CT molecular complexity index is 1500. The highest BCUT2D eigenvalue weighted by molar-refractivity contribution is 5.95. The van der Waals surface area contributed by atoms with Crippen molar-refractivity contribution in [2.24, 2.45) is 0 Å². The third kappa shape index (κ3) is 7.09. The van der Waals surface area contributed by atoms with E-state index in [0.29, 0.717) is 23.5 Å². The van der Waals surface area contributed by atoms with Crippen LogP contribution in [0.25, 0.3) is 0 Å². The van der Waals surface area contributed by atoms with Gasteiger partial charge < -0.3 is 14.2 Å². The number of ether oxygens (including phenoxy) is 3. The number of esters is 1. The lowest BCUT2D eigenvalue weighted by Gasteiger charge is -2.39. The maximum absolute atomic E-state index is 13.4. The van der Waals surface area contributed by atoms with Gasteiger partial charge in [0.2, 0.25) is 0 Å². The predicted molar refractivity (Wildman–Crippen MR) is 190 cm³/mol. The first-order valence-electron chi connectivity index (χ1n) is 17.2. The van der Waals surface area contributed by atoms with E-state index in [2.05, 4.69) is 114 Å². The van der Waals surface area contributed by atoms with E-state index < -0.39 is 23.1 Å². The highest BCUT2D eigenvalue weighted by Gasteiger charge is 2.43. The minimum atomic E-state index is -0.735. The molecule has 1 heterocycles. The van der Waals surface area contributed by atoms with Gasteiger partial charge in [0.25, 0.3) is 0 Å². The SMILES string of the molecule is C=C1C(=O)Oc2c(C(C)c3cc(C(C)(C)CC)cc(C(C)(C)CC)c3OC(=O)OC(C)(C)C)cc(C(C)(C)CC)cc2C1(C)CC. The van der Waals surface area contributed by atoms with E-state index in [4.69, 9.17) is 14.2 Å². The minimum absolute atomic E-state index is 0.127. The number of hydrogen-bond donors (Lipinski definition) is 0. The van der Waals surface area contributed by atoms with Crippen molar-refractivity contribution in [3.05, 3.63) is 69.8 Å². The van der Waals surface area contributed by atoms with Gasteiger partial charge in [0, 0.05) is 39.2 Å². The summed E-state index contributed by atoms with van der Waals surface area (Å²) in [7, 11) is 0. The van der Waals surface area contributed by atoms with E-state index in [9.17, 15) is 9.59 Å². The van der Waals surface area contributed by atoms with Crippen LogP contribution in [0.5, 0.6) is 11.5 Å². The van der Waals surface area contributed by atoms with Gasteiger partial charge in [-0.15, -0.1) is 0 Å². The molecule has 2 aromatic rings. The van der Waals surface area contributed by atoms with Gasteiger partial charge in [-0.25, -0.2) is 9.59 Å². The highest BCUT2D eigenvalue weighted by atomic mass is 16.7. The molecule has 1 aliphatic rings. The van der Waals surface area contributed by atoms with Crippen molar-refractivity contribution in [2.75, 3.05) is 0 Å².